The van der Waals surface area contributed by atoms with Crippen molar-refractivity contribution in [3.8, 4) is 17.2 Å². The molecule has 84 valence electrons. The maximum absolute atomic E-state index is 5.78. The van der Waals surface area contributed by atoms with Gasteiger partial charge >= 0.3 is 0 Å². The summed E-state index contributed by atoms with van der Waals surface area (Å²) in [7, 11) is 1.60. The van der Waals surface area contributed by atoms with Crippen molar-refractivity contribution in [3.63, 3.8) is 0 Å². The van der Waals surface area contributed by atoms with Crippen molar-refractivity contribution in [3.05, 3.63) is 17.7 Å². The number of methoxy groups -OCH3 is 1. The molecule has 0 bridgehead atoms. The van der Waals surface area contributed by atoms with Crippen LogP contribution in [0.5, 0.6) is 17.2 Å². The highest BCUT2D eigenvalue weighted by molar-refractivity contribution is 5.85. The summed E-state index contributed by atoms with van der Waals surface area (Å²) in [6, 6.07) is 3.71. The number of nitrogens with two attached hydrogens (primary N) is 1. The molecule has 2 N–H and O–H groups in total. The van der Waals surface area contributed by atoms with Gasteiger partial charge in [0.05, 0.1) is 7.11 Å². The van der Waals surface area contributed by atoms with Gasteiger partial charge in [0.1, 0.15) is 0 Å². The van der Waals surface area contributed by atoms with Crippen LogP contribution in [0.25, 0.3) is 0 Å². The Balaban J connectivity index is 0.00000112. The summed E-state index contributed by atoms with van der Waals surface area (Å²) in [6.07, 6.45) is 0. The molecule has 0 aromatic heterocycles. The number of hydrogen-bond donors (Lipinski definition) is 1. The fourth-order valence-corrected chi connectivity index (χ4v) is 1.41. The first-order chi connectivity index (χ1) is 6.72. The number of halogens is 1. The molecule has 0 spiro atoms. The van der Waals surface area contributed by atoms with E-state index in [0.29, 0.717) is 17.2 Å². The van der Waals surface area contributed by atoms with Gasteiger partial charge in [0.25, 0.3) is 0 Å². The lowest BCUT2D eigenvalue weighted by Gasteiger charge is -2.10. The van der Waals surface area contributed by atoms with Gasteiger partial charge in [-0.05, 0) is 24.6 Å². The van der Waals surface area contributed by atoms with Crippen molar-refractivity contribution in [2.45, 2.75) is 13.0 Å². The monoisotopic (exact) mass is 231 g/mol. The number of ether oxygens (including phenoxy) is 3. The molecule has 1 atom stereocenters. The number of benzene rings is 1. The molecule has 4 nitrogen and oxygen atoms in total. The predicted octanol–water partition coefficient (Wildman–Crippen LogP) is 1.87. The molecule has 1 aromatic carbocycles. The number of fused-ring (bicyclic) bond motifs is 1. The molecule has 2 rings (SSSR count). The Morgan fingerprint density at radius 1 is 1.40 bits per heavy atom. The van der Waals surface area contributed by atoms with Gasteiger partial charge in [-0.25, -0.2) is 0 Å². The lowest BCUT2D eigenvalue weighted by molar-refractivity contribution is 0.171. The Bertz CT molecular complexity index is 355. The minimum atomic E-state index is -0.0431. The topological polar surface area (TPSA) is 53.7 Å². The van der Waals surface area contributed by atoms with Gasteiger partial charge in [0, 0.05) is 6.04 Å². The van der Waals surface area contributed by atoms with E-state index in [-0.39, 0.29) is 25.2 Å². The van der Waals surface area contributed by atoms with Crippen molar-refractivity contribution in [1.82, 2.24) is 0 Å². The van der Waals surface area contributed by atoms with Crippen LogP contribution in [0.1, 0.15) is 18.5 Å². The summed E-state index contributed by atoms with van der Waals surface area (Å²) in [4.78, 5) is 0. The van der Waals surface area contributed by atoms with Crippen molar-refractivity contribution in [2.75, 3.05) is 13.9 Å². The van der Waals surface area contributed by atoms with E-state index in [1.165, 1.54) is 0 Å². The lowest BCUT2D eigenvalue weighted by atomic mass is 10.1. The second-order valence-corrected chi connectivity index (χ2v) is 3.25. The van der Waals surface area contributed by atoms with Crippen molar-refractivity contribution in [2.24, 2.45) is 5.73 Å². The fourth-order valence-electron chi connectivity index (χ4n) is 1.41. The molecule has 0 saturated heterocycles. The zero-order chi connectivity index (χ0) is 10.1. The summed E-state index contributed by atoms with van der Waals surface area (Å²) < 4.78 is 15.7. The normalized spacial score (nSPS) is 14.3. The van der Waals surface area contributed by atoms with E-state index < -0.39 is 0 Å². The smallest absolute Gasteiger partial charge is 0.231 e. The minimum absolute atomic E-state index is 0. The molecule has 1 aliphatic rings. The Labute approximate surface area is 94.7 Å². The lowest BCUT2D eigenvalue weighted by Crippen LogP contribution is -2.05. The van der Waals surface area contributed by atoms with Gasteiger partial charge in [-0.2, -0.15) is 0 Å². The Kier molecular flexibility index (Phi) is 3.66. The zero-order valence-corrected chi connectivity index (χ0v) is 9.47. The summed E-state index contributed by atoms with van der Waals surface area (Å²) in [5.74, 6) is 2.04. The molecule has 1 aliphatic heterocycles. The summed E-state index contributed by atoms with van der Waals surface area (Å²) >= 11 is 0. The minimum Gasteiger partial charge on any atom is -0.493 e. The number of hydrogen-bond acceptors (Lipinski definition) is 4. The third kappa shape index (κ3) is 2.11. The maximum atomic E-state index is 5.78. The van der Waals surface area contributed by atoms with Crippen molar-refractivity contribution < 1.29 is 14.2 Å². The maximum Gasteiger partial charge on any atom is 0.231 e. The van der Waals surface area contributed by atoms with Crippen LogP contribution in [0.4, 0.5) is 0 Å². The summed E-state index contributed by atoms with van der Waals surface area (Å²) in [5.41, 5.74) is 6.76. The average molecular weight is 232 g/mol. The zero-order valence-electron chi connectivity index (χ0n) is 8.65. The average Bonchev–Trinajstić information content (AvgIpc) is 2.63. The third-order valence-corrected chi connectivity index (χ3v) is 2.21. The van der Waals surface area contributed by atoms with E-state index in [0.717, 1.165) is 5.56 Å². The van der Waals surface area contributed by atoms with E-state index in [1.54, 1.807) is 7.11 Å². The summed E-state index contributed by atoms with van der Waals surface area (Å²) in [6.45, 7) is 2.16. The van der Waals surface area contributed by atoms with Gasteiger partial charge in [0.2, 0.25) is 12.5 Å². The third-order valence-electron chi connectivity index (χ3n) is 2.21. The van der Waals surface area contributed by atoms with Gasteiger partial charge in [-0.1, -0.05) is 0 Å². The molecule has 0 aliphatic carbocycles. The van der Waals surface area contributed by atoms with Crippen LogP contribution < -0.4 is 19.9 Å². The van der Waals surface area contributed by atoms with Crippen LogP contribution >= 0.6 is 12.4 Å². The van der Waals surface area contributed by atoms with Crippen LogP contribution in [-0.2, 0) is 0 Å². The first kappa shape index (κ1) is 11.9. The molecular formula is C10H14ClNO3. The molecule has 0 radical (unpaired) electrons. The highest BCUT2D eigenvalue weighted by atomic mass is 35.5. The molecular weight excluding hydrogens is 218 g/mol. The summed E-state index contributed by atoms with van der Waals surface area (Å²) in [5, 5.41) is 0. The quantitative estimate of drug-likeness (QED) is 0.844. The molecule has 0 amide bonds. The largest absolute Gasteiger partial charge is 0.493 e. The van der Waals surface area contributed by atoms with Crippen LogP contribution in [0, 0.1) is 0 Å². The van der Waals surface area contributed by atoms with Crippen LogP contribution in [-0.4, -0.2) is 13.9 Å². The van der Waals surface area contributed by atoms with E-state index in [1.807, 2.05) is 19.1 Å². The Morgan fingerprint density at radius 3 is 2.73 bits per heavy atom. The van der Waals surface area contributed by atoms with Gasteiger partial charge in [0.15, 0.2) is 11.5 Å². The van der Waals surface area contributed by atoms with Gasteiger partial charge < -0.3 is 19.9 Å². The van der Waals surface area contributed by atoms with Crippen LogP contribution in [0.3, 0.4) is 0 Å². The number of rotatable bonds is 2. The van der Waals surface area contributed by atoms with E-state index in [4.69, 9.17) is 19.9 Å². The second kappa shape index (κ2) is 4.59. The molecule has 0 saturated carbocycles. The standard InChI is InChI=1S/C10H13NO3.ClH/c1-6(11)7-3-8(12-2)10-9(4-7)13-5-14-10;/h3-4,6H,5,11H2,1-2H3;1H/t6-;/m0./s1. The second-order valence-electron chi connectivity index (χ2n) is 3.25. The molecule has 0 fully saturated rings. The fraction of sp³-hybridized carbons (Fsp3) is 0.400. The highest BCUT2D eigenvalue weighted by Crippen LogP contribution is 2.42. The SMILES string of the molecule is COc1cc([C@H](C)N)cc2c1OCO2.Cl. The van der Waals surface area contributed by atoms with E-state index in [9.17, 15) is 0 Å². The Hall–Kier alpha value is -1.13. The van der Waals surface area contributed by atoms with Gasteiger partial charge in [-0.15, -0.1) is 12.4 Å². The van der Waals surface area contributed by atoms with Gasteiger partial charge in [-0.3, -0.25) is 0 Å². The predicted molar refractivity (Wildman–Crippen MR) is 59.0 cm³/mol. The molecule has 1 aromatic rings. The first-order valence-electron chi connectivity index (χ1n) is 4.45. The Morgan fingerprint density at radius 2 is 2.13 bits per heavy atom. The van der Waals surface area contributed by atoms with E-state index >= 15 is 0 Å². The molecule has 15 heavy (non-hydrogen) atoms. The van der Waals surface area contributed by atoms with Crippen LogP contribution in [0.15, 0.2) is 12.1 Å². The molecule has 0 unspecified atom stereocenters. The van der Waals surface area contributed by atoms with Crippen molar-refractivity contribution >= 4 is 12.4 Å². The van der Waals surface area contributed by atoms with E-state index in [2.05, 4.69) is 0 Å². The first-order valence-corrected chi connectivity index (χ1v) is 4.45. The molecule has 1 heterocycles. The van der Waals surface area contributed by atoms with Crippen LogP contribution in [0.2, 0.25) is 0 Å². The molecule has 5 heteroatoms. The van der Waals surface area contributed by atoms with Crippen molar-refractivity contribution in [1.29, 1.82) is 0 Å². The highest BCUT2D eigenvalue weighted by Gasteiger charge is 2.20.